The van der Waals surface area contributed by atoms with Gasteiger partial charge >= 0.3 is 0 Å². The fourth-order valence-corrected chi connectivity index (χ4v) is 8.01. The Bertz CT molecular complexity index is 2200. The van der Waals surface area contributed by atoms with E-state index >= 15 is 0 Å². The average Bonchev–Trinajstić information content (AvgIpc) is 3.74. The van der Waals surface area contributed by atoms with Crippen molar-refractivity contribution in [2.45, 2.75) is 22.4 Å². The number of carbonyl (C=O) groups is 1. The van der Waals surface area contributed by atoms with Gasteiger partial charge in [0.15, 0.2) is 14.2 Å². The maximum Gasteiger partial charge on any atom is 0.271 e. The van der Waals surface area contributed by atoms with E-state index in [1.807, 2.05) is 91.0 Å². The van der Waals surface area contributed by atoms with Crippen LogP contribution in [0.4, 0.5) is 5.69 Å². The average molecular weight is 637 g/mol. The molecule has 4 heterocycles. The number of nitrogens with zero attached hydrogens (tertiary/aromatic N) is 3. The predicted octanol–water partition coefficient (Wildman–Crippen LogP) is 6.24. The fourth-order valence-electron chi connectivity index (χ4n) is 5.01. The summed E-state index contributed by atoms with van der Waals surface area (Å²) in [6.45, 7) is 1.80. The van der Waals surface area contributed by atoms with Crippen molar-refractivity contribution in [3.05, 3.63) is 133 Å². The van der Waals surface area contributed by atoms with Crippen LogP contribution in [0.2, 0.25) is 0 Å². The summed E-state index contributed by atoms with van der Waals surface area (Å²) in [5, 5.41) is 3.65. The second-order valence-electron chi connectivity index (χ2n) is 9.88. The molecule has 0 aliphatic carbocycles. The molecule has 0 bridgehead atoms. The van der Waals surface area contributed by atoms with Crippen molar-refractivity contribution >= 4 is 62.3 Å². The number of amides is 1. The Hall–Kier alpha value is -4.71. The molecule has 0 saturated heterocycles. The van der Waals surface area contributed by atoms with E-state index in [0.29, 0.717) is 42.9 Å². The summed E-state index contributed by atoms with van der Waals surface area (Å²) in [6, 6.07) is 27.6. The van der Waals surface area contributed by atoms with Crippen molar-refractivity contribution < 1.29 is 13.9 Å². The number of aromatic nitrogens is 2. The number of fused-ring (bicyclic) bond motifs is 2. The first-order valence-electron chi connectivity index (χ1n) is 13.6. The normalized spacial score (nSPS) is 14.9. The van der Waals surface area contributed by atoms with Gasteiger partial charge in [0.05, 0.1) is 39.2 Å². The zero-order valence-electron chi connectivity index (χ0n) is 23.5. The van der Waals surface area contributed by atoms with Gasteiger partial charge in [-0.3, -0.25) is 14.2 Å². The van der Waals surface area contributed by atoms with E-state index in [0.717, 1.165) is 20.1 Å². The highest BCUT2D eigenvalue weighted by Gasteiger charge is 2.32. The molecule has 0 unspecified atom stereocenters. The van der Waals surface area contributed by atoms with Gasteiger partial charge in [0, 0.05) is 11.8 Å². The third kappa shape index (κ3) is 5.41. The number of ether oxygens (including phenoxy) is 1. The summed E-state index contributed by atoms with van der Waals surface area (Å²) in [7, 11) is 1.60. The van der Waals surface area contributed by atoms with Gasteiger partial charge in [-0.05, 0) is 72.8 Å². The molecule has 1 amide bonds. The minimum Gasteiger partial charge on any atom is -0.497 e. The van der Waals surface area contributed by atoms with E-state index in [-0.39, 0.29) is 11.5 Å². The van der Waals surface area contributed by atoms with Gasteiger partial charge < -0.3 is 14.5 Å². The zero-order valence-corrected chi connectivity index (χ0v) is 26.0. The number of furan rings is 1. The van der Waals surface area contributed by atoms with Crippen LogP contribution in [-0.2, 0) is 4.79 Å². The summed E-state index contributed by atoms with van der Waals surface area (Å²) < 4.78 is 15.5. The molecule has 0 fully saturated rings. The van der Waals surface area contributed by atoms with Crippen LogP contribution in [0.1, 0.15) is 24.3 Å². The molecule has 1 aliphatic heterocycles. The molecule has 3 aromatic carbocycles. The number of anilines is 1. The molecule has 6 aromatic rings. The molecule has 0 spiro atoms. The number of hydrogen-bond acceptors (Lipinski definition) is 9. The molecule has 11 heteroatoms. The van der Waals surface area contributed by atoms with E-state index in [9.17, 15) is 9.59 Å². The summed E-state index contributed by atoms with van der Waals surface area (Å²) in [5.74, 6) is 0.891. The Labute approximate surface area is 263 Å². The summed E-state index contributed by atoms with van der Waals surface area (Å²) >= 11 is 4.31. The largest absolute Gasteiger partial charge is 0.497 e. The van der Waals surface area contributed by atoms with Crippen molar-refractivity contribution in [2.75, 3.05) is 12.4 Å². The molecule has 1 N–H and O–H groups in total. The van der Waals surface area contributed by atoms with E-state index in [1.165, 1.54) is 23.1 Å². The van der Waals surface area contributed by atoms with Crippen molar-refractivity contribution in [3.8, 4) is 5.75 Å². The maximum atomic E-state index is 14.0. The van der Waals surface area contributed by atoms with Crippen molar-refractivity contribution in [2.24, 2.45) is 4.99 Å². The number of hydrogen-bond donors (Lipinski definition) is 1. The molecule has 44 heavy (non-hydrogen) atoms. The number of allylic oxidation sites excluding steroid dienone is 1. The first-order valence-corrected chi connectivity index (χ1v) is 16.1. The van der Waals surface area contributed by atoms with Crippen molar-refractivity contribution in [1.82, 2.24) is 9.55 Å². The van der Waals surface area contributed by atoms with Crippen molar-refractivity contribution in [3.63, 3.8) is 0 Å². The summed E-state index contributed by atoms with van der Waals surface area (Å²) in [4.78, 5) is 37.6. The maximum absolute atomic E-state index is 14.0. The molecule has 218 valence electrons. The molecular weight excluding hydrogens is 613 g/mol. The molecule has 8 nitrogen and oxygen atoms in total. The smallest absolute Gasteiger partial charge is 0.271 e. The minimum atomic E-state index is -0.690. The Morgan fingerprint density at radius 1 is 1.00 bits per heavy atom. The molecular formula is C33H24N4O4S3. The molecule has 1 aliphatic rings. The topological polar surface area (TPSA) is 98.7 Å². The summed E-state index contributed by atoms with van der Waals surface area (Å²) in [6.07, 6.45) is 1.72. The molecule has 1 atom stereocenters. The first kappa shape index (κ1) is 28.1. The highest BCUT2D eigenvalue weighted by molar-refractivity contribution is 8.01. The van der Waals surface area contributed by atoms with Gasteiger partial charge in [0.25, 0.3) is 11.5 Å². The Kier molecular flexibility index (Phi) is 7.51. The molecule has 7 rings (SSSR count). The Morgan fingerprint density at radius 2 is 1.77 bits per heavy atom. The molecule has 0 radical (unpaired) electrons. The Morgan fingerprint density at radius 3 is 2.55 bits per heavy atom. The lowest BCUT2D eigenvalue weighted by atomic mass is 9.95. The van der Waals surface area contributed by atoms with Crippen LogP contribution in [-0.4, -0.2) is 22.6 Å². The number of thiazole rings is 2. The number of rotatable bonds is 7. The highest BCUT2D eigenvalue weighted by atomic mass is 32.2. The van der Waals surface area contributed by atoms with Gasteiger partial charge in [0.1, 0.15) is 11.5 Å². The number of nitrogens with one attached hydrogen (secondary N) is 1. The lowest BCUT2D eigenvalue weighted by Gasteiger charge is -2.25. The van der Waals surface area contributed by atoms with Crippen LogP contribution >= 0.6 is 34.4 Å². The van der Waals surface area contributed by atoms with Crippen LogP contribution < -0.4 is 24.9 Å². The Balaban J connectivity index is 1.26. The van der Waals surface area contributed by atoms with E-state index in [4.69, 9.17) is 14.1 Å². The van der Waals surface area contributed by atoms with Gasteiger partial charge in [0.2, 0.25) is 0 Å². The number of methoxy groups -OCH3 is 1. The third-order valence-electron chi connectivity index (χ3n) is 7.07. The van der Waals surface area contributed by atoms with Crippen LogP contribution in [0.3, 0.4) is 0 Å². The lowest BCUT2D eigenvalue weighted by Crippen LogP contribution is -2.40. The molecule has 3 aromatic heterocycles. The minimum absolute atomic E-state index is 0.260. The van der Waals surface area contributed by atoms with E-state index in [2.05, 4.69) is 10.3 Å². The van der Waals surface area contributed by atoms with Crippen LogP contribution in [0.5, 0.6) is 5.75 Å². The zero-order chi connectivity index (χ0) is 30.2. The van der Waals surface area contributed by atoms with Gasteiger partial charge in [-0.1, -0.05) is 53.8 Å². The van der Waals surface area contributed by atoms with Gasteiger partial charge in [-0.2, -0.15) is 0 Å². The van der Waals surface area contributed by atoms with Crippen LogP contribution in [0.15, 0.2) is 126 Å². The SMILES string of the molecule is COc1ccc([C@H]2C(C(=O)Nc3ccccc3)=C(C)N=c3sc(=Cc4ccc(Sc5nc6ccccc6s5)o4)c(=O)n32)cc1. The van der Waals surface area contributed by atoms with Gasteiger partial charge in [-0.15, -0.1) is 11.3 Å². The van der Waals surface area contributed by atoms with Crippen LogP contribution in [0, 0.1) is 0 Å². The highest BCUT2D eigenvalue weighted by Crippen LogP contribution is 2.35. The number of para-hydroxylation sites is 2. The van der Waals surface area contributed by atoms with Gasteiger partial charge in [-0.25, -0.2) is 9.98 Å². The van der Waals surface area contributed by atoms with E-state index < -0.39 is 6.04 Å². The van der Waals surface area contributed by atoms with Crippen LogP contribution in [0.25, 0.3) is 16.3 Å². The number of carbonyl (C=O) groups excluding carboxylic acids is 1. The second-order valence-corrected chi connectivity index (χ2v) is 13.2. The first-order chi connectivity index (χ1) is 21.5. The standard InChI is InChI=1S/C33H24N4O4S3/c1-19-28(30(38)35-21-8-4-3-5-9-21)29(20-12-14-22(40-2)15-13-20)37-31(39)26(42-32(37)34-19)18-23-16-17-27(41-23)44-33-36-24-10-6-7-11-25(24)43-33/h3-18,29H,1-2H3,(H,35,38)/t29-/m0/s1. The predicted molar refractivity (Wildman–Crippen MR) is 174 cm³/mol. The third-order valence-corrected chi connectivity index (χ3v) is 10.1. The monoisotopic (exact) mass is 636 g/mol. The number of benzene rings is 3. The lowest BCUT2D eigenvalue weighted by molar-refractivity contribution is -0.113. The fraction of sp³-hybridized carbons (Fsp3) is 0.0909. The second kappa shape index (κ2) is 11.8. The summed E-state index contributed by atoms with van der Waals surface area (Å²) in [5.41, 5.74) is 3.04. The quantitative estimate of drug-likeness (QED) is 0.223. The van der Waals surface area contributed by atoms with E-state index in [1.54, 1.807) is 36.0 Å². The van der Waals surface area contributed by atoms with Crippen molar-refractivity contribution in [1.29, 1.82) is 0 Å². The molecule has 0 saturated carbocycles.